The molecule has 0 radical (unpaired) electrons. The van der Waals surface area contributed by atoms with Crippen molar-refractivity contribution in [2.45, 2.75) is 16.7 Å². The third-order valence-corrected chi connectivity index (χ3v) is 6.63. The number of rotatable bonds is 9. The third kappa shape index (κ3) is 8.68. The first-order valence-corrected chi connectivity index (χ1v) is 12.9. The Hall–Kier alpha value is -2.15. The fraction of sp³-hybridized carbons (Fsp3) is 0.0476. The second-order valence-electron chi connectivity index (χ2n) is 7.43. The van der Waals surface area contributed by atoms with Crippen LogP contribution in [0, 0.1) is 18.4 Å². The van der Waals surface area contributed by atoms with E-state index in [0.29, 0.717) is 17.7 Å². The van der Waals surface area contributed by atoms with E-state index in [2.05, 4.69) is 45.2 Å². The van der Waals surface area contributed by atoms with Crippen molar-refractivity contribution in [2.24, 2.45) is 10.2 Å². The molecule has 0 saturated heterocycles. The number of aromatic nitrogens is 3. The number of nitrogens with zero attached hydrogens (tertiary/aromatic N) is 6. The van der Waals surface area contributed by atoms with Gasteiger partial charge in [0.05, 0.1) is 33.2 Å². The molecule has 0 aliphatic carbocycles. The average molecular weight is 635 g/mol. The topological polar surface area (TPSA) is 230 Å². The molecule has 4 aromatic rings. The third-order valence-electron chi connectivity index (χ3n) is 4.91. The molecule has 0 unspecified atom stereocenters. The van der Waals surface area contributed by atoms with E-state index >= 15 is 0 Å². The van der Waals surface area contributed by atoms with Crippen molar-refractivity contribution >= 4 is 73.5 Å². The standard InChI is InChI=1S/C21H15ClN8O7S2.2Na/c1-10-2-4-11(5-3-10)29-30-16-15(38-37-36-32)8-13-12(17(16)31)6-7-14(18(13)39(33,34)35)25-21-27-19(22)26-20(28-21)24-9-23;;/h2-8,31-32H,1H3,(H,33,34,35)(H2,24,25,26,27,28);;/q;2*+1/p-2. The van der Waals surface area contributed by atoms with Gasteiger partial charge >= 0.3 is 59.1 Å². The van der Waals surface area contributed by atoms with Gasteiger partial charge in [0.25, 0.3) is 0 Å². The predicted molar refractivity (Wildman–Crippen MR) is 134 cm³/mol. The van der Waals surface area contributed by atoms with Gasteiger partial charge in [-0.3, -0.25) is 10.4 Å². The zero-order valence-electron chi connectivity index (χ0n) is 21.3. The molecule has 0 aliphatic rings. The predicted octanol–water partition coefficient (Wildman–Crippen LogP) is -2.11. The molecule has 0 bridgehead atoms. The second kappa shape index (κ2) is 15.4. The van der Waals surface area contributed by atoms with Crippen LogP contribution in [0.4, 0.5) is 29.0 Å². The van der Waals surface area contributed by atoms with Gasteiger partial charge in [0.1, 0.15) is 15.8 Å². The Morgan fingerprint density at radius 2 is 1.76 bits per heavy atom. The number of phenols is 1. The summed E-state index contributed by atoms with van der Waals surface area (Å²) in [5.41, 5.74) is 0.915. The fourth-order valence-electron chi connectivity index (χ4n) is 3.32. The van der Waals surface area contributed by atoms with Crippen molar-refractivity contribution in [2.75, 3.05) is 10.6 Å². The number of benzene rings is 3. The van der Waals surface area contributed by atoms with E-state index in [-0.39, 0.29) is 103 Å². The summed E-state index contributed by atoms with van der Waals surface area (Å²) in [4.78, 5) is 10.4. The van der Waals surface area contributed by atoms with Crippen LogP contribution in [0.2, 0.25) is 5.28 Å². The van der Waals surface area contributed by atoms with Crippen molar-refractivity contribution in [3.05, 3.63) is 53.3 Å². The minimum atomic E-state index is -5.23. The van der Waals surface area contributed by atoms with Gasteiger partial charge in [0, 0.05) is 10.8 Å². The fourth-order valence-corrected chi connectivity index (χ4v) is 4.79. The van der Waals surface area contributed by atoms with Crippen molar-refractivity contribution in [3.63, 3.8) is 0 Å². The van der Waals surface area contributed by atoms with E-state index < -0.39 is 20.8 Å². The molecule has 3 aromatic carbocycles. The van der Waals surface area contributed by atoms with Gasteiger partial charge < -0.3 is 20.2 Å². The molecular weight excluding hydrogens is 622 g/mol. The van der Waals surface area contributed by atoms with Gasteiger partial charge in [-0.05, 0) is 48.9 Å². The van der Waals surface area contributed by atoms with Gasteiger partial charge in [-0.1, -0.05) is 17.7 Å². The zero-order valence-corrected chi connectivity index (χ0v) is 27.7. The van der Waals surface area contributed by atoms with Crippen molar-refractivity contribution in [1.82, 2.24) is 15.0 Å². The van der Waals surface area contributed by atoms with Crippen LogP contribution in [0.25, 0.3) is 10.8 Å². The average Bonchev–Trinajstić information content (AvgIpc) is 2.87. The van der Waals surface area contributed by atoms with Crippen molar-refractivity contribution in [1.29, 1.82) is 5.26 Å². The van der Waals surface area contributed by atoms with Crippen molar-refractivity contribution < 1.29 is 91.8 Å². The Kier molecular flexibility index (Phi) is 13.1. The number of phenolic OH excluding ortho intramolecular Hbond substituents is 1. The summed E-state index contributed by atoms with van der Waals surface area (Å²) in [6.07, 6.45) is 1.59. The molecule has 4 rings (SSSR count). The molecule has 0 aliphatic heterocycles. The van der Waals surface area contributed by atoms with Crippen LogP contribution in [0.3, 0.4) is 0 Å². The summed E-state index contributed by atoms with van der Waals surface area (Å²) in [6.45, 7) is 1.88. The molecule has 20 heteroatoms. The number of anilines is 3. The number of fused-ring (bicyclic) bond motifs is 1. The molecule has 1 aromatic heterocycles. The van der Waals surface area contributed by atoms with E-state index in [1.165, 1.54) is 12.1 Å². The maximum atomic E-state index is 12.4. The molecule has 200 valence electrons. The van der Waals surface area contributed by atoms with E-state index in [9.17, 15) is 23.3 Å². The molecular formula is C21H13ClN8Na2O7S2. The van der Waals surface area contributed by atoms with E-state index in [1.54, 1.807) is 30.5 Å². The Bertz CT molecular complexity index is 1740. The minimum absolute atomic E-state index is 0. The Morgan fingerprint density at radius 3 is 2.39 bits per heavy atom. The number of nitriles is 1. The van der Waals surface area contributed by atoms with Crippen LogP contribution < -0.4 is 75.0 Å². The number of aryl methyl sites for hydroxylation is 1. The van der Waals surface area contributed by atoms with Gasteiger partial charge in [-0.25, -0.2) is 8.42 Å². The van der Waals surface area contributed by atoms with Crippen LogP contribution in [0.5, 0.6) is 5.75 Å². The first-order chi connectivity index (χ1) is 18.6. The molecule has 0 spiro atoms. The maximum absolute atomic E-state index is 12.4. The number of aromatic hydroxyl groups is 1. The minimum Gasteiger partial charge on any atom is -0.744 e. The molecule has 0 saturated carbocycles. The summed E-state index contributed by atoms with van der Waals surface area (Å²) in [5.74, 6) is -1.12. The molecule has 3 N–H and O–H groups in total. The molecule has 0 fully saturated rings. The van der Waals surface area contributed by atoms with Crippen LogP contribution in [0.15, 0.2) is 62.5 Å². The summed E-state index contributed by atoms with van der Waals surface area (Å²) < 4.78 is 41.5. The van der Waals surface area contributed by atoms with Crippen LogP contribution >= 0.6 is 23.6 Å². The smallest absolute Gasteiger partial charge is 0.744 e. The summed E-state index contributed by atoms with van der Waals surface area (Å²) in [5, 5.41) is 45.7. The Labute approximate surface area is 285 Å². The molecule has 0 amide bonds. The molecule has 41 heavy (non-hydrogen) atoms. The molecule has 15 nitrogen and oxygen atoms in total. The maximum Gasteiger partial charge on any atom is 1.00 e. The van der Waals surface area contributed by atoms with Crippen molar-refractivity contribution in [3.8, 4) is 11.9 Å². The molecule has 0 atom stereocenters. The monoisotopic (exact) mass is 634 g/mol. The second-order valence-corrected chi connectivity index (χ2v) is 9.83. The largest absolute Gasteiger partial charge is 1.00 e. The number of nitrogens with one attached hydrogen (secondary N) is 2. The number of azo groups is 1. The van der Waals surface area contributed by atoms with Gasteiger partial charge in [0.15, 0.2) is 11.9 Å². The first kappa shape index (κ1) is 35.0. The SMILES string of the molecule is Cc1ccc(N=Nc2c(SOO[O-])cc3c(S(=O)(=O)[O-])c(Nc4nc(Cl)nc(NC#N)n4)ccc3c2O)cc1.[Na+].[Na+]. The van der Waals surface area contributed by atoms with Gasteiger partial charge in [-0.2, -0.15) is 29.7 Å². The Balaban J connectivity index is 0.00000294. The van der Waals surface area contributed by atoms with Gasteiger partial charge in [0.2, 0.25) is 17.2 Å². The van der Waals surface area contributed by atoms with Crippen LogP contribution in [-0.4, -0.2) is 33.0 Å². The number of halogens is 1. The zero-order chi connectivity index (χ0) is 28.2. The Morgan fingerprint density at radius 1 is 1.07 bits per heavy atom. The van der Waals surface area contributed by atoms with Crippen LogP contribution in [0.1, 0.15) is 5.56 Å². The summed E-state index contributed by atoms with van der Waals surface area (Å²) >= 11 is 6.13. The van der Waals surface area contributed by atoms with Crippen LogP contribution in [-0.2, 0) is 19.5 Å². The van der Waals surface area contributed by atoms with E-state index in [4.69, 9.17) is 16.9 Å². The quantitative estimate of drug-likeness (QED) is 0.0261. The van der Waals surface area contributed by atoms with E-state index in [1.807, 2.05) is 6.92 Å². The summed E-state index contributed by atoms with van der Waals surface area (Å²) in [6, 6.07) is 10.5. The molecule has 1 heterocycles. The first-order valence-electron chi connectivity index (χ1n) is 10.3. The normalized spacial score (nSPS) is 11.0. The van der Waals surface area contributed by atoms with Gasteiger partial charge in [-0.15, -0.1) is 5.11 Å². The summed E-state index contributed by atoms with van der Waals surface area (Å²) in [7, 11) is -5.23. The number of hydrogen-bond donors (Lipinski definition) is 3. The van der Waals surface area contributed by atoms with E-state index in [0.717, 1.165) is 11.6 Å². The number of hydrogen-bond acceptors (Lipinski definition) is 16.